The van der Waals surface area contributed by atoms with Gasteiger partial charge in [0.15, 0.2) is 11.5 Å². The number of rotatable bonds is 6. The monoisotopic (exact) mass is 424 g/mol. The number of anilines is 1. The van der Waals surface area contributed by atoms with Crippen LogP contribution in [0.15, 0.2) is 46.2 Å². The first kappa shape index (κ1) is 20.4. The minimum atomic E-state index is -0.782. The van der Waals surface area contributed by atoms with Crippen molar-refractivity contribution in [1.29, 1.82) is 0 Å². The van der Waals surface area contributed by atoms with Gasteiger partial charge in [-0.05, 0) is 42.7 Å². The zero-order chi connectivity index (χ0) is 21.1. The SMILES string of the molecule is CCCCSc1nnc2c(n1)O[C@H](c1ccco1)N(C(C)=O)c1ccc(CC)cc1-2. The van der Waals surface area contributed by atoms with Gasteiger partial charge in [0.1, 0.15) is 0 Å². The van der Waals surface area contributed by atoms with Gasteiger partial charge >= 0.3 is 0 Å². The van der Waals surface area contributed by atoms with Crippen molar-refractivity contribution in [2.75, 3.05) is 10.7 Å². The second kappa shape index (κ2) is 8.87. The number of carbonyl (C=O) groups is 1. The molecular formula is C22H24N4O3S. The minimum absolute atomic E-state index is 0.166. The fourth-order valence-corrected chi connectivity index (χ4v) is 4.22. The lowest BCUT2D eigenvalue weighted by Crippen LogP contribution is -2.35. The van der Waals surface area contributed by atoms with Gasteiger partial charge in [-0.25, -0.2) is 0 Å². The van der Waals surface area contributed by atoms with Crippen molar-refractivity contribution in [3.05, 3.63) is 47.9 Å². The van der Waals surface area contributed by atoms with Crippen LogP contribution in [0, 0.1) is 0 Å². The number of amides is 1. The standard InChI is InChI=1S/C22H24N4O3S/c1-4-6-12-30-22-23-20-19(24-25-22)16-13-15(5-2)9-10-17(16)26(14(3)27)21(29-20)18-8-7-11-28-18/h7-11,13,21H,4-6,12H2,1-3H3/t21-/m1/s1. The third-order valence-electron chi connectivity index (χ3n) is 4.93. The maximum absolute atomic E-state index is 12.7. The predicted molar refractivity (Wildman–Crippen MR) is 116 cm³/mol. The van der Waals surface area contributed by atoms with Crippen molar-refractivity contribution < 1.29 is 13.9 Å². The first-order valence-electron chi connectivity index (χ1n) is 10.1. The summed E-state index contributed by atoms with van der Waals surface area (Å²) in [6.45, 7) is 5.74. The number of nitrogens with zero attached hydrogens (tertiary/aromatic N) is 4. The Bertz CT molecular complexity index is 1040. The fraction of sp³-hybridized carbons (Fsp3) is 0.364. The van der Waals surface area contributed by atoms with Crippen molar-refractivity contribution >= 4 is 23.4 Å². The average Bonchev–Trinajstić information content (AvgIpc) is 3.24. The molecule has 0 fully saturated rings. The summed E-state index contributed by atoms with van der Waals surface area (Å²) in [6.07, 6.45) is 3.81. The van der Waals surface area contributed by atoms with Crippen LogP contribution in [0.1, 0.15) is 51.2 Å². The summed E-state index contributed by atoms with van der Waals surface area (Å²) in [5.74, 6) is 1.61. The molecule has 2 aromatic heterocycles. The molecule has 0 N–H and O–H groups in total. The van der Waals surface area contributed by atoms with Crippen molar-refractivity contribution in [2.24, 2.45) is 0 Å². The smallest absolute Gasteiger partial charge is 0.247 e. The highest BCUT2D eigenvalue weighted by Crippen LogP contribution is 2.44. The lowest BCUT2D eigenvalue weighted by molar-refractivity contribution is -0.118. The molecule has 4 rings (SSSR count). The number of aromatic nitrogens is 3. The van der Waals surface area contributed by atoms with E-state index >= 15 is 0 Å². The zero-order valence-electron chi connectivity index (χ0n) is 17.3. The minimum Gasteiger partial charge on any atom is -0.463 e. The maximum atomic E-state index is 12.7. The first-order chi connectivity index (χ1) is 14.6. The number of hydrogen-bond acceptors (Lipinski definition) is 7. The van der Waals surface area contributed by atoms with E-state index in [1.165, 1.54) is 6.92 Å². The molecule has 7 nitrogen and oxygen atoms in total. The van der Waals surface area contributed by atoms with E-state index in [9.17, 15) is 4.79 Å². The predicted octanol–water partition coefficient (Wildman–Crippen LogP) is 5.03. The van der Waals surface area contributed by atoms with Crippen LogP contribution in [0.4, 0.5) is 5.69 Å². The number of furan rings is 1. The number of carbonyl (C=O) groups excluding carboxylic acids is 1. The molecule has 1 aromatic carbocycles. The van der Waals surface area contributed by atoms with E-state index in [0.29, 0.717) is 28.2 Å². The number of fused-ring (bicyclic) bond motifs is 3. The van der Waals surface area contributed by atoms with Gasteiger partial charge in [-0.3, -0.25) is 9.69 Å². The molecule has 8 heteroatoms. The van der Waals surface area contributed by atoms with Crippen LogP contribution in [0.25, 0.3) is 11.3 Å². The van der Waals surface area contributed by atoms with Gasteiger partial charge in [-0.2, -0.15) is 4.98 Å². The summed E-state index contributed by atoms with van der Waals surface area (Å²) in [5.41, 5.74) is 3.13. The van der Waals surface area contributed by atoms with Crippen molar-refractivity contribution in [1.82, 2.24) is 15.2 Å². The second-order valence-electron chi connectivity index (χ2n) is 7.03. The fourth-order valence-electron chi connectivity index (χ4n) is 3.36. The van der Waals surface area contributed by atoms with E-state index < -0.39 is 6.23 Å². The summed E-state index contributed by atoms with van der Waals surface area (Å²) in [5, 5.41) is 9.33. The van der Waals surface area contributed by atoms with E-state index in [1.807, 2.05) is 18.2 Å². The third-order valence-corrected chi connectivity index (χ3v) is 5.86. The van der Waals surface area contributed by atoms with Gasteiger partial charge in [-0.1, -0.05) is 38.1 Å². The Morgan fingerprint density at radius 3 is 2.80 bits per heavy atom. The molecule has 1 atom stereocenters. The van der Waals surface area contributed by atoms with Crippen LogP contribution in [0.3, 0.4) is 0 Å². The Labute approximate surface area is 179 Å². The molecule has 0 saturated heterocycles. The number of benzene rings is 1. The van der Waals surface area contributed by atoms with Crippen LogP contribution in [-0.4, -0.2) is 26.8 Å². The Balaban J connectivity index is 1.87. The topological polar surface area (TPSA) is 81.3 Å². The maximum Gasteiger partial charge on any atom is 0.247 e. The van der Waals surface area contributed by atoms with Crippen LogP contribution in [0.5, 0.6) is 5.88 Å². The van der Waals surface area contributed by atoms with Crippen LogP contribution < -0.4 is 9.64 Å². The Hall–Kier alpha value is -2.87. The highest BCUT2D eigenvalue weighted by atomic mass is 32.2. The van der Waals surface area contributed by atoms with Crippen LogP contribution in [-0.2, 0) is 11.2 Å². The average molecular weight is 425 g/mol. The number of unbranched alkanes of at least 4 members (excludes halogenated alkanes) is 1. The summed E-state index contributed by atoms with van der Waals surface area (Å²) in [7, 11) is 0. The summed E-state index contributed by atoms with van der Waals surface area (Å²) >= 11 is 1.55. The molecule has 0 bridgehead atoms. The lowest BCUT2D eigenvalue weighted by Gasteiger charge is -2.28. The number of aryl methyl sites for hydroxylation is 1. The van der Waals surface area contributed by atoms with Gasteiger partial charge in [0.2, 0.25) is 23.2 Å². The molecule has 3 aromatic rings. The molecule has 1 aliphatic heterocycles. The molecule has 30 heavy (non-hydrogen) atoms. The quantitative estimate of drug-likeness (QED) is 0.405. The molecule has 0 spiro atoms. The van der Waals surface area contributed by atoms with Gasteiger partial charge in [-0.15, -0.1) is 10.2 Å². The van der Waals surface area contributed by atoms with Crippen LogP contribution >= 0.6 is 11.8 Å². The normalized spacial score (nSPS) is 15.2. The van der Waals surface area contributed by atoms with Gasteiger partial charge in [0.05, 0.1) is 12.0 Å². The molecular weight excluding hydrogens is 400 g/mol. The molecule has 0 unspecified atom stereocenters. The largest absolute Gasteiger partial charge is 0.463 e. The summed E-state index contributed by atoms with van der Waals surface area (Å²) in [6, 6.07) is 9.52. The van der Waals surface area contributed by atoms with Gasteiger partial charge < -0.3 is 9.15 Å². The lowest BCUT2D eigenvalue weighted by atomic mass is 10.0. The van der Waals surface area contributed by atoms with Crippen LogP contribution in [0.2, 0.25) is 0 Å². The molecule has 156 valence electrons. The summed E-state index contributed by atoms with van der Waals surface area (Å²) in [4.78, 5) is 18.9. The molecule has 0 radical (unpaired) electrons. The summed E-state index contributed by atoms with van der Waals surface area (Å²) < 4.78 is 11.9. The van der Waals surface area contributed by atoms with E-state index in [1.54, 1.807) is 35.1 Å². The molecule has 0 saturated carbocycles. The Kier molecular flexibility index (Phi) is 6.03. The zero-order valence-corrected chi connectivity index (χ0v) is 18.1. The number of thioether (sulfide) groups is 1. The van der Waals surface area contributed by atoms with E-state index in [4.69, 9.17) is 9.15 Å². The molecule has 0 aliphatic carbocycles. The van der Waals surface area contributed by atoms with E-state index in [0.717, 1.165) is 36.1 Å². The third kappa shape index (κ3) is 3.92. The van der Waals surface area contributed by atoms with E-state index in [-0.39, 0.29) is 5.91 Å². The first-order valence-corrected chi connectivity index (χ1v) is 11.1. The number of hydrogen-bond donors (Lipinski definition) is 0. The van der Waals surface area contributed by atoms with Crippen molar-refractivity contribution in [3.8, 4) is 17.1 Å². The van der Waals surface area contributed by atoms with Gasteiger partial charge in [0.25, 0.3) is 0 Å². The molecule has 1 amide bonds. The molecule has 3 heterocycles. The Morgan fingerprint density at radius 2 is 2.10 bits per heavy atom. The van der Waals surface area contributed by atoms with Gasteiger partial charge in [0, 0.05) is 18.2 Å². The van der Waals surface area contributed by atoms with Crippen molar-refractivity contribution in [3.63, 3.8) is 0 Å². The molecule has 1 aliphatic rings. The second-order valence-corrected chi connectivity index (χ2v) is 8.09. The highest BCUT2D eigenvalue weighted by molar-refractivity contribution is 7.99. The van der Waals surface area contributed by atoms with Crippen molar-refractivity contribution in [2.45, 2.75) is 51.4 Å². The number of ether oxygens (including phenoxy) is 1. The van der Waals surface area contributed by atoms with E-state index in [2.05, 4.69) is 29.0 Å². The highest BCUT2D eigenvalue weighted by Gasteiger charge is 2.36. The Morgan fingerprint density at radius 1 is 1.23 bits per heavy atom.